The van der Waals surface area contributed by atoms with Crippen LogP contribution in [0.3, 0.4) is 0 Å². The summed E-state index contributed by atoms with van der Waals surface area (Å²) < 4.78 is 5.48. The molecule has 27 heavy (non-hydrogen) atoms. The zero-order valence-corrected chi connectivity index (χ0v) is 14.2. The van der Waals surface area contributed by atoms with Crippen molar-refractivity contribution < 1.29 is 24.4 Å². The number of amides is 2. The molecule has 0 saturated heterocycles. The molecule has 0 spiro atoms. The molecule has 9 heteroatoms. The first kappa shape index (κ1) is 18.3. The van der Waals surface area contributed by atoms with Crippen LogP contribution in [0.2, 0.25) is 0 Å². The largest absolute Gasteiger partial charge is 0.493 e. The van der Waals surface area contributed by atoms with Gasteiger partial charge in [0, 0.05) is 29.8 Å². The van der Waals surface area contributed by atoms with E-state index >= 15 is 0 Å². The van der Waals surface area contributed by atoms with Gasteiger partial charge < -0.3 is 20.5 Å². The lowest BCUT2D eigenvalue weighted by Crippen LogP contribution is -2.46. The van der Waals surface area contributed by atoms with Crippen LogP contribution in [0, 0.1) is 10.1 Å². The summed E-state index contributed by atoms with van der Waals surface area (Å²) in [5.41, 5.74) is -0.668. The highest BCUT2D eigenvalue weighted by atomic mass is 16.6. The van der Waals surface area contributed by atoms with Crippen LogP contribution in [0.25, 0.3) is 0 Å². The van der Waals surface area contributed by atoms with Gasteiger partial charge in [-0.3, -0.25) is 19.7 Å². The minimum absolute atomic E-state index is 0.127. The summed E-state index contributed by atoms with van der Waals surface area (Å²) in [7, 11) is 0. The Balaban J connectivity index is 1.61. The molecule has 2 aromatic rings. The minimum Gasteiger partial charge on any atom is -0.493 e. The molecule has 0 radical (unpaired) electrons. The van der Waals surface area contributed by atoms with Crippen molar-refractivity contribution in [3.05, 3.63) is 64.2 Å². The van der Waals surface area contributed by atoms with E-state index in [-0.39, 0.29) is 24.3 Å². The van der Waals surface area contributed by atoms with E-state index in [1.807, 2.05) is 0 Å². The molecule has 3 N–H and O–H groups in total. The van der Waals surface area contributed by atoms with E-state index in [0.29, 0.717) is 17.9 Å². The normalized spacial score (nSPS) is 18.0. The number of nitro groups is 1. The lowest BCUT2D eigenvalue weighted by atomic mass is 9.88. The Bertz CT molecular complexity index is 883. The first-order valence-corrected chi connectivity index (χ1v) is 8.17. The maximum absolute atomic E-state index is 12.0. The smallest absolute Gasteiger partial charge is 0.313 e. The number of carbonyl (C=O) groups is 2. The first-order valence-electron chi connectivity index (χ1n) is 8.17. The minimum atomic E-state index is -1.34. The van der Waals surface area contributed by atoms with Crippen molar-refractivity contribution in [2.75, 3.05) is 18.5 Å². The van der Waals surface area contributed by atoms with Crippen LogP contribution in [0.1, 0.15) is 12.0 Å². The van der Waals surface area contributed by atoms with Gasteiger partial charge in [-0.05, 0) is 18.2 Å². The number of para-hydroxylation sites is 1. The molecule has 1 atom stereocenters. The molecule has 9 nitrogen and oxygen atoms in total. The summed E-state index contributed by atoms with van der Waals surface area (Å²) in [5, 5.41) is 26.2. The maximum Gasteiger partial charge on any atom is 0.313 e. The second-order valence-electron chi connectivity index (χ2n) is 6.07. The molecule has 3 rings (SSSR count). The van der Waals surface area contributed by atoms with Crippen molar-refractivity contribution in [2.45, 2.75) is 12.0 Å². The van der Waals surface area contributed by atoms with Crippen molar-refractivity contribution in [2.24, 2.45) is 0 Å². The SMILES string of the molecule is O=C(NCC1(O)CCOc2ccccc21)C(=O)Nc1ccc([N+](=O)[O-])cc1. The highest BCUT2D eigenvalue weighted by molar-refractivity contribution is 6.39. The monoisotopic (exact) mass is 371 g/mol. The number of non-ortho nitro benzene ring substituents is 1. The van der Waals surface area contributed by atoms with Crippen LogP contribution in [0.5, 0.6) is 5.75 Å². The molecule has 0 aliphatic carbocycles. The van der Waals surface area contributed by atoms with E-state index in [2.05, 4.69) is 10.6 Å². The van der Waals surface area contributed by atoms with Gasteiger partial charge in [-0.15, -0.1) is 0 Å². The van der Waals surface area contributed by atoms with Crippen molar-refractivity contribution >= 4 is 23.2 Å². The Kier molecular flexibility index (Phi) is 5.04. The van der Waals surface area contributed by atoms with Crippen LogP contribution in [-0.2, 0) is 15.2 Å². The lowest BCUT2D eigenvalue weighted by Gasteiger charge is -2.34. The lowest BCUT2D eigenvalue weighted by molar-refractivity contribution is -0.384. The molecule has 2 amide bonds. The summed E-state index contributed by atoms with van der Waals surface area (Å²) in [5.74, 6) is -1.32. The van der Waals surface area contributed by atoms with Gasteiger partial charge in [0.25, 0.3) is 5.69 Å². The third kappa shape index (κ3) is 4.04. The van der Waals surface area contributed by atoms with E-state index < -0.39 is 22.3 Å². The van der Waals surface area contributed by atoms with E-state index in [9.17, 15) is 24.8 Å². The number of ether oxygens (including phenoxy) is 1. The topological polar surface area (TPSA) is 131 Å². The third-order valence-corrected chi connectivity index (χ3v) is 4.25. The van der Waals surface area contributed by atoms with Crippen LogP contribution >= 0.6 is 0 Å². The fourth-order valence-electron chi connectivity index (χ4n) is 2.79. The molecular weight excluding hydrogens is 354 g/mol. The number of fused-ring (bicyclic) bond motifs is 1. The van der Waals surface area contributed by atoms with Gasteiger partial charge in [0.15, 0.2) is 0 Å². The quantitative estimate of drug-likeness (QED) is 0.422. The Labute approximate surface area is 154 Å². The number of nitro benzene ring substituents is 1. The van der Waals surface area contributed by atoms with Crippen molar-refractivity contribution in [1.29, 1.82) is 0 Å². The zero-order valence-electron chi connectivity index (χ0n) is 14.2. The molecule has 1 unspecified atom stereocenters. The predicted molar refractivity (Wildman–Crippen MR) is 95.2 cm³/mol. The second-order valence-corrected chi connectivity index (χ2v) is 6.07. The fraction of sp³-hybridized carbons (Fsp3) is 0.222. The average molecular weight is 371 g/mol. The number of aliphatic hydroxyl groups is 1. The summed E-state index contributed by atoms with van der Waals surface area (Å²) >= 11 is 0. The van der Waals surface area contributed by atoms with Crippen LogP contribution in [0.15, 0.2) is 48.5 Å². The molecule has 1 aliphatic rings. The number of nitrogens with one attached hydrogen (secondary N) is 2. The van der Waals surface area contributed by atoms with Crippen molar-refractivity contribution in [1.82, 2.24) is 5.32 Å². The van der Waals surface area contributed by atoms with Crippen molar-refractivity contribution in [3.8, 4) is 5.75 Å². The molecular formula is C18H17N3O6. The zero-order chi connectivity index (χ0) is 19.4. The summed E-state index contributed by atoms with van der Waals surface area (Å²) in [4.78, 5) is 34.1. The maximum atomic E-state index is 12.0. The second kappa shape index (κ2) is 7.42. The molecule has 0 fully saturated rings. The van der Waals surface area contributed by atoms with Gasteiger partial charge in [0.05, 0.1) is 18.1 Å². The number of anilines is 1. The molecule has 1 heterocycles. The van der Waals surface area contributed by atoms with Crippen LogP contribution in [0.4, 0.5) is 11.4 Å². The van der Waals surface area contributed by atoms with Gasteiger partial charge >= 0.3 is 11.8 Å². The Morgan fingerprint density at radius 3 is 2.56 bits per heavy atom. The summed E-state index contributed by atoms with van der Waals surface area (Å²) in [6, 6.07) is 12.0. The summed E-state index contributed by atoms with van der Waals surface area (Å²) in [6.07, 6.45) is 0.272. The first-order chi connectivity index (χ1) is 12.9. The molecule has 140 valence electrons. The number of hydrogen-bond acceptors (Lipinski definition) is 6. The van der Waals surface area contributed by atoms with Gasteiger partial charge in [-0.25, -0.2) is 0 Å². The van der Waals surface area contributed by atoms with Crippen LogP contribution in [-0.4, -0.2) is 35.0 Å². The number of hydrogen-bond donors (Lipinski definition) is 3. The Morgan fingerprint density at radius 2 is 1.85 bits per heavy atom. The number of carbonyl (C=O) groups excluding carboxylic acids is 2. The molecule has 1 aliphatic heterocycles. The van der Waals surface area contributed by atoms with Crippen LogP contribution < -0.4 is 15.4 Å². The van der Waals surface area contributed by atoms with Gasteiger partial charge in [-0.2, -0.15) is 0 Å². The Morgan fingerprint density at radius 1 is 1.15 bits per heavy atom. The third-order valence-electron chi connectivity index (χ3n) is 4.25. The average Bonchev–Trinajstić information content (AvgIpc) is 2.67. The Hall–Kier alpha value is -3.46. The standard InChI is InChI=1S/C18H17N3O6/c22-16(17(23)20-12-5-7-13(8-6-12)21(25)26)19-11-18(24)9-10-27-15-4-2-1-3-14(15)18/h1-8,24H,9-11H2,(H,19,22)(H,20,23). The molecule has 0 bridgehead atoms. The van der Waals surface area contributed by atoms with E-state index in [1.54, 1.807) is 24.3 Å². The number of rotatable bonds is 4. The van der Waals surface area contributed by atoms with E-state index in [0.717, 1.165) is 0 Å². The fourth-order valence-corrected chi connectivity index (χ4v) is 2.79. The molecule has 2 aromatic carbocycles. The van der Waals surface area contributed by atoms with Crippen molar-refractivity contribution in [3.63, 3.8) is 0 Å². The molecule has 0 saturated carbocycles. The number of nitrogens with zero attached hydrogens (tertiary/aromatic N) is 1. The van der Waals surface area contributed by atoms with Gasteiger partial charge in [0.2, 0.25) is 0 Å². The van der Waals surface area contributed by atoms with Gasteiger partial charge in [0.1, 0.15) is 11.4 Å². The summed E-state index contributed by atoms with van der Waals surface area (Å²) in [6.45, 7) is 0.137. The highest BCUT2D eigenvalue weighted by Crippen LogP contribution is 2.36. The van der Waals surface area contributed by atoms with E-state index in [1.165, 1.54) is 24.3 Å². The highest BCUT2D eigenvalue weighted by Gasteiger charge is 2.36. The van der Waals surface area contributed by atoms with Gasteiger partial charge in [-0.1, -0.05) is 18.2 Å². The van der Waals surface area contributed by atoms with E-state index in [4.69, 9.17) is 4.74 Å². The predicted octanol–water partition coefficient (Wildman–Crippen LogP) is 1.32. The molecule has 0 aromatic heterocycles. The number of benzene rings is 2.